The molecule has 1 aromatic heterocycles. The molecule has 1 saturated heterocycles. The minimum atomic E-state index is -0.612. The molecule has 1 aliphatic heterocycles. The molecule has 2 aromatic rings. The number of nitrogens with zero attached hydrogens (tertiary/aromatic N) is 4. The van der Waals surface area contributed by atoms with Gasteiger partial charge in [-0.1, -0.05) is 0 Å². The van der Waals surface area contributed by atoms with Crippen LogP contribution in [0.15, 0.2) is 18.2 Å². The number of carbonyl (C=O) groups excluding carboxylic acids is 1. The molecule has 0 saturated carbocycles. The Kier molecular flexibility index (Phi) is 5.91. The highest BCUT2D eigenvalue weighted by Crippen LogP contribution is 2.20. The van der Waals surface area contributed by atoms with Crippen molar-refractivity contribution >= 4 is 11.7 Å². The molecule has 150 valence electrons. The Labute approximate surface area is 162 Å². The van der Waals surface area contributed by atoms with Crippen LogP contribution in [0.25, 0.3) is 0 Å². The maximum Gasteiger partial charge on any atom is 0.317 e. The van der Waals surface area contributed by atoms with Crippen molar-refractivity contribution in [2.75, 3.05) is 38.2 Å². The lowest BCUT2D eigenvalue weighted by atomic mass is 10.2. The average molecular weight is 391 g/mol. The monoisotopic (exact) mass is 391 g/mol. The number of aryl methyl sites for hydroxylation is 2. The number of rotatable bonds is 4. The fourth-order valence-electron chi connectivity index (χ4n) is 3.07. The van der Waals surface area contributed by atoms with Crippen molar-refractivity contribution in [3.63, 3.8) is 0 Å². The molecule has 1 aliphatic rings. The van der Waals surface area contributed by atoms with Crippen LogP contribution >= 0.6 is 0 Å². The van der Waals surface area contributed by atoms with Gasteiger partial charge in [0.2, 0.25) is 5.88 Å². The van der Waals surface area contributed by atoms with Crippen molar-refractivity contribution in [2.24, 2.45) is 0 Å². The SMILES string of the molecule is COc1nc(C)c(C)nc1CNC(=O)N1CCN(c2cc(F)cc(F)c2)CC1. The number of halogens is 2. The van der Waals surface area contributed by atoms with Gasteiger partial charge in [0.15, 0.2) is 0 Å². The largest absolute Gasteiger partial charge is 0.480 e. The Hall–Kier alpha value is -2.97. The quantitative estimate of drug-likeness (QED) is 0.867. The second kappa shape index (κ2) is 8.37. The fraction of sp³-hybridized carbons (Fsp3) is 0.421. The molecule has 9 heteroatoms. The number of anilines is 1. The number of methoxy groups -OCH3 is 1. The van der Waals surface area contributed by atoms with E-state index >= 15 is 0 Å². The van der Waals surface area contributed by atoms with Gasteiger partial charge in [-0.05, 0) is 26.0 Å². The van der Waals surface area contributed by atoms with Crippen LogP contribution in [-0.4, -0.2) is 54.2 Å². The van der Waals surface area contributed by atoms with E-state index in [-0.39, 0.29) is 12.6 Å². The molecule has 1 N–H and O–H groups in total. The zero-order valence-corrected chi connectivity index (χ0v) is 16.1. The van der Waals surface area contributed by atoms with Crippen LogP contribution in [0.5, 0.6) is 5.88 Å². The van der Waals surface area contributed by atoms with Crippen LogP contribution in [0.1, 0.15) is 17.1 Å². The van der Waals surface area contributed by atoms with Gasteiger partial charge >= 0.3 is 6.03 Å². The summed E-state index contributed by atoms with van der Waals surface area (Å²) in [5.41, 5.74) is 2.60. The zero-order valence-electron chi connectivity index (χ0n) is 16.1. The summed E-state index contributed by atoms with van der Waals surface area (Å²) in [7, 11) is 1.51. The number of amides is 2. The lowest BCUT2D eigenvalue weighted by molar-refractivity contribution is 0.193. The first-order valence-electron chi connectivity index (χ1n) is 8.99. The third-order valence-corrected chi connectivity index (χ3v) is 4.72. The fourth-order valence-corrected chi connectivity index (χ4v) is 3.07. The minimum absolute atomic E-state index is 0.200. The first kappa shape index (κ1) is 19.8. The van der Waals surface area contributed by atoms with Crippen LogP contribution in [-0.2, 0) is 6.54 Å². The van der Waals surface area contributed by atoms with Crippen molar-refractivity contribution in [3.05, 3.63) is 46.9 Å². The van der Waals surface area contributed by atoms with E-state index in [0.717, 1.165) is 17.5 Å². The highest BCUT2D eigenvalue weighted by Gasteiger charge is 2.22. The molecule has 0 unspecified atom stereocenters. The van der Waals surface area contributed by atoms with Crippen LogP contribution in [0.2, 0.25) is 0 Å². The average Bonchev–Trinajstić information content (AvgIpc) is 2.67. The van der Waals surface area contributed by atoms with Crippen LogP contribution in [0.3, 0.4) is 0 Å². The molecule has 28 heavy (non-hydrogen) atoms. The lowest BCUT2D eigenvalue weighted by Crippen LogP contribution is -2.51. The summed E-state index contributed by atoms with van der Waals surface area (Å²) in [4.78, 5) is 24.7. The van der Waals surface area contributed by atoms with E-state index in [0.29, 0.717) is 43.4 Å². The number of ether oxygens (including phenoxy) is 1. The van der Waals surface area contributed by atoms with Crippen molar-refractivity contribution in [1.29, 1.82) is 0 Å². The van der Waals surface area contributed by atoms with Crippen molar-refractivity contribution < 1.29 is 18.3 Å². The van der Waals surface area contributed by atoms with E-state index in [2.05, 4.69) is 15.3 Å². The van der Waals surface area contributed by atoms with E-state index in [9.17, 15) is 13.6 Å². The second-order valence-corrected chi connectivity index (χ2v) is 6.61. The topological polar surface area (TPSA) is 70.6 Å². The predicted octanol–water partition coefficient (Wildman–Crippen LogP) is 2.41. The number of carbonyl (C=O) groups is 1. The molecule has 0 atom stereocenters. The summed E-state index contributed by atoms with van der Waals surface area (Å²) in [6, 6.07) is 3.21. The van der Waals surface area contributed by atoms with Crippen LogP contribution < -0.4 is 15.0 Å². The highest BCUT2D eigenvalue weighted by atomic mass is 19.1. The summed E-state index contributed by atoms with van der Waals surface area (Å²) in [5.74, 6) is -0.835. The second-order valence-electron chi connectivity index (χ2n) is 6.61. The Morgan fingerprint density at radius 1 is 1.07 bits per heavy atom. The van der Waals surface area contributed by atoms with Gasteiger partial charge in [0, 0.05) is 37.9 Å². The first-order valence-corrected chi connectivity index (χ1v) is 8.99. The number of benzene rings is 1. The van der Waals surface area contributed by atoms with E-state index in [1.54, 1.807) is 4.90 Å². The van der Waals surface area contributed by atoms with Crippen molar-refractivity contribution in [2.45, 2.75) is 20.4 Å². The normalized spacial score (nSPS) is 14.2. The third-order valence-electron chi connectivity index (χ3n) is 4.72. The van der Waals surface area contributed by atoms with Crippen LogP contribution in [0, 0.1) is 25.5 Å². The van der Waals surface area contributed by atoms with Crippen molar-refractivity contribution in [1.82, 2.24) is 20.2 Å². The van der Waals surface area contributed by atoms with Gasteiger partial charge in [0.25, 0.3) is 0 Å². The van der Waals surface area contributed by atoms with E-state index in [4.69, 9.17) is 4.74 Å². The van der Waals surface area contributed by atoms with Gasteiger partial charge in [-0.3, -0.25) is 0 Å². The minimum Gasteiger partial charge on any atom is -0.480 e. The molecule has 0 bridgehead atoms. The van der Waals surface area contributed by atoms with E-state index in [1.807, 2.05) is 18.7 Å². The summed E-state index contributed by atoms with van der Waals surface area (Å²) in [5, 5.41) is 2.83. The Morgan fingerprint density at radius 3 is 2.29 bits per heavy atom. The summed E-state index contributed by atoms with van der Waals surface area (Å²) in [6.07, 6.45) is 0. The van der Waals surface area contributed by atoms with Gasteiger partial charge in [-0.2, -0.15) is 0 Å². The standard InChI is InChI=1S/C19H23F2N5O2/c1-12-13(2)24-18(28-3)17(23-12)11-22-19(27)26-6-4-25(5-7-26)16-9-14(20)8-15(21)10-16/h8-10H,4-7,11H2,1-3H3,(H,22,27). The Morgan fingerprint density at radius 2 is 1.68 bits per heavy atom. The smallest absolute Gasteiger partial charge is 0.317 e. The molecule has 0 aliphatic carbocycles. The Balaban J connectivity index is 1.56. The van der Waals surface area contributed by atoms with Crippen LogP contribution in [0.4, 0.5) is 19.3 Å². The van der Waals surface area contributed by atoms with E-state index < -0.39 is 11.6 Å². The third kappa shape index (κ3) is 4.47. The molecule has 1 fully saturated rings. The number of aromatic nitrogens is 2. The molecular weight excluding hydrogens is 368 g/mol. The molecule has 1 aromatic carbocycles. The summed E-state index contributed by atoms with van der Waals surface area (Å²) >= 11 is 0. The van der Waals surface area contributed by atoms with Crippen molar-refractivity contribution in [3.8, 4) is 5.88 Å². The van der Waals surface area contributed by atoms with Gasteiger partial charge in [-0.25, -0.2) is 23.5 Å². The Bertz CT molecular complexity index is 849. The maximum atomic E-state index is 13.4. The summed E-state index contributed by atoms with van der Waals surface area (Å²) < 4.78 is 32.0. The van der Waals surface area contributed by atoms with Gasteiger partial charge in [0.05, 0.1) is 25.0 Å². The van der Waals surface area contributed by atoms with Gasteiger partial charge in [-0.15, -0.1) is 0 Å². The number of nitrogens with one attached hydrogen (secondary N) is 1. The maximum absolute atomic E-state index is 13.4. The first-order chi connectivity index (χ1) is 13.4. The number of piperazine rings is 1. The number of hydrogen-bond acceptors (Lipinski definition) is 5. The van der Waals surface area contributed by atoms with Gasteiger partial charge in [0.1, 0.15) is 17.3 Å². The molecule has 0 radical (unpaired) electrons. The molecule has 3 rings (SSSR count). The summed E-state index contributed by atoms with van der Waals surface area (Å²) in [6.45, 7) is 5.76. The zero-order chi connectivity index (χ0) is 20.3. The molecular formula is C19H23F2N5O2. The lowest BCUT2D eigenvalue weighted by Gasteiger charge is -2.36. The molecule has 2 amide bonds. The molecule has 0 spiro atoms. The highest BCUT2D eigenvalue weighted by molar-refractivity contribution is 5.74. The molecule has 7 nitrogen and oxygen atoms in total. The molecule has 2 heterocycles. The van der Waals surface area contributed by atoms with E-state index in [1.165, 1.54) is 19.2 Å². The number of hydrogen-bond donors (Lipinski definition) is 1. The number of urea groups is 1. The van der Waals surface area contributed by atoms with Gasteiger partial charge < -0.3 is 19.9 Å². The predicted molar refractivity (Wildman–Crippen MR) is 100 cm³/mol.